The van der Waals surface area contributed by atoms with E-state index < -0.39 is 5.97 Å². The summed E-state index contributed by atoms with van der Waals surface area (Å²) in [4.78, 5) is 22.9. The van der Waals surface area contributed by atoms with E-state index in [0.29, 0.717) is 19.4 Å². The summed E-state index contributed by atoms with van der Waals surface area (Å²) in [6.07, 6.45) is 5.02. The van der Waals surface area contributed by atoms with Gasteiger partial charge in [0.1, 0.15) is 0 Å². The lowest BCUT2D eigenvalue weighted by molar-refractivity contribution is -0.144. The molecule has 5 nitrogen and oxygen atoms in total. The quantitative estimate of drug-likeness (QED) is 0.790. The van der Waals surface area contributed by atoms with Crippen LogP contribution in [-0.4, -0.2) is 36.2 Å². The van der Waals surface area contributed by atoms with E-state index in [0.717, 1.165) is 32.3 Å². The molecule has 18 heavy (non-hydrogen) atoms. The molecule has 0 spiro atoms. The number of amides is 1. The predicted octanol–water partition coefficient (Wildman–Crippen LogP) is 1.17. The summed E-state index contributed by atoms with van der Waals surface area (Å²) in [7, 11) is 0. The van der Waals surface area contributed by atoms with E-state index >= 15 is 0 Å². The lowest BCUT2D eigenvalue weighted by Crippen LogP contribution is -2.38. The monoisotopic (exact) mass is 255 g/mol. The number of hydrogen-bond acceptors (Lipinski definition) is 3. The van der Waals surface area contributed by atoms with Gasteiger partial charge in [-0.3, -0.25) is 9.59 Å². The lowest BCUT2D eigenvalue weighted by atomic mass is 9.81. The number of carboxylic acid groups (broad SMARTS) is 1. The Bertz CT molecular complexity index is 312. The maximum atomic E-state index is 12.0. The number of aliphatic carboxylic acids is 1. The molecule has 1 aliphatic heterocycles. The van der Waals surface area contributed by atoms with Crippen LogP contribution in [0.1, 0.15) is 38.5 Å². The molecule has 0 radical (unpaired) electrons. The minimum Gasteiger partial charge on any atom is -0.481 e. The third kappa shape index (κ3) is 3.45. The first-order valence-electron chi connectivity index (χ1n) is 6.79. The van der Waals surface area contributed by atoms with Crippen LogP contribution in [0.5, 0.6) is 0 Å². The van der Waals surface area contributed by atoms with Crippen molar-refractivity contribution in [3.8, 4) is 0 Å². The molecular weight excluding hydrogens is 234 g/mol. The van der Waals surface area contributed by atoms with Crippen molar-refractivity contribution < 1.29 is 19.4 Å². The Kier molecular flexibility index (Phi) is 4.58. The average Bonchev–Trinajstić information content (AvgIpc) is 2.89. The highest BCUT2D eigenvalue weighted by molar-refractivity contribution is 5.80. The van der Waals surface area contributed by atoms with E-state index in [2.05, 4.69) is 5.32 Å². The zero-order chi connectivity index (χ0) is 13.0. The molecule has 2 N–H and O–H groups in total. The van der Waals surface area contributed by atoms with Crippen LogP contribution in [0.2, 0.25) is 0 Å². The van der Waals surface area contributed by atoms with Crippen LogP contribution in [0, 0.1) is 11.8 Å². The molecule has 102 valence electrons. The third-order valence-electron chi connectivity index (χ3n) is 3.92. The molecule has 1 saturated carbocycles. The van der Waals surface area contributed by atoms with Crippen molar-refractivity contribution in [2.75, 3.05) is 13.2 Å². The van der Waals surface area contributed by atoms with Gasteiger partial charge in [0, 0.05) is 19.1 Å². The molecule has 0 aromatic rings. The summed E-state index contributed by atoms with van der Waals surface area (Å²) in [5.41, 5.74) is 0. The van der Waals surface area contributed by atoms with E-state index in [1.54, 1.807) is 0 Å². The van der Waals surface area contributed by atoms with Gasteiger partial charge < -0.3 is 15.2 Å². The molecule has 0 aromatic carbocycles. The van der Waals surface area contributed by atoms with Crippen LogP contribution < -0.4 is 5.32 Å². The minimum atomic E-state index is -0.772. The van der Waals surface area contributed by atoms with Gasteiger partial charge in [0.15, 0.2) is 0 Å². The average molecular weight is 255 g/mol. The Labute approximate surface area is 107 Å². The number of carbonyl (C=O) groups is 2. The van der Waals surface area contributed by atoms with Crippen molar-refractivity contribution in [1.29, 1.82) is 0 Å². The van der Waals surface area contributed by atoms with E-state index in [4.69, 9.17) is 9.84 Å². The smallest absolute Gasteiger partial charge is 0.306 e. The number of carboxylic acids is 1. The highest BCUT2D eigenvalue weighted by Crippen LogP contribution is 2.29. The van der Waals surface area contributed by atoms with Gasteiger partial charge in [0.05, 0.1) is 12.0 Å². The summed E-state index contributed by atoms with van der Waals surface area (Å²) >= 11 is 0. The summed E-state index contributed by atoms with van der Waals surface area (Å²) in [5.74, 6) is -1.26. The van der Waals surface area contributed by atoms with Gasteiger partial charge in [0.25, 0.3) is 0 Å². The highest BCUT2D eigenvalue weighted by Gasteiger charge is 2.31. The van der Waals surface area contributed by atoms with E-state index in [1.807, 2.05) is 0 Å². The first kappa shape index (κ1) is 13.3. The van der Waals surface area contributed by atoms with Gasteiger partial charge in [-0.05, 0) is 32.1 Å². The second-order valence-corrected chi connectivity index (χ2v) is 5.28. The van der Waals surface area contributed by atoms with E-state index in [1.165, 1.54) is 0 Å². The Morgan fingerprint density at radius 1 is 1.17 bits per heavy atom. The standard InChI is InChI=1S/C13H21NO4/c15-12(14-8-11-5-2-6-18-11)9-3-1-4-10(7-9)13(16)17/h9-11H,1-8H2,(H,14,15)(H,16,17)/t9-,10-,11-/m1/s1. The second kappa shape index (κ2) is 6.18. The van der Waals surface area contributed by atoms with E-state index in [9.17, 15) is 9.59 Å². The fourth-order valence-electron chi connectivity index (χ4n) is 2.82. The van der Waals surface area contributed by atoms with Crippen molar-refractivity contribution in [2.24, 2.45) is 11.8 Å². The van der Waals surface area contributed by atoms with Gasteiger partial charge in [-0.1, -0.05) is 6.42 Å². The summed E-state index contributed by atoms with van der Waals surface area (Å²) in [6, 6.07) is 0. The number of ether oxygens (including phenoxy) is 1. The van der Waals surface area contributed by atoms with Crippen LogP contribution in [0.15, 0.2) is 0 Å². The molecule has 0 unspecified atom stereocenters. The molecule has 1 heterocycles. The van der Waals surface area contributed by atoms with Gasteiger partial charge in [-0.15, -0.1) is 0 Å². The van der Waals surface area contributed by atoms with Crippen molar-refractivity contribution in [3.05, 3.63) is 0 Å². The first-order chi connectivity index (χ1) is 8.66. The molecule has 2 fully saturated rings. The van der Waals surface area contributed by atoms with E-state index in [-0.39, 0.29) is 23.8 Å². The number of rotatable bonds is 4. The molecule has 1 aliphatic carbocycles. The van der Waals surface area contributed by atoms with Gasteiger partial charge in [0.2, 0.25) is 5.91 Å². The first-order valence-corrected chi connectivity index (χ1v) is 6.79. The van der Waals surface area contributed by atoms with Crippen LogP contribution >= 0.6 is 0 Å². The summed E-state index contributed by atoms with van der Waals surface area (Å²) < 4.78 is 5.44. The molecule has 2 aliphatic rings. The molecule has 5 heteroatoms. The Balaban J connectivity index is 1.75. The largest absolute Gasteiger partial charge is 0.481 e. The summed E-state index contributed by atoms with van der Waals surface area (Å²) in [6.45, 7) is 1.35. The molecule has 1 saturated heterocycles. The molecular formula is C13H21NO4. The van der Waals surface area contributed by atoms with Crippen LogP contribution in [-0.2, 0) is 14.3 Å². The number of nitrogens with one attached hydrogen (secondary N) is 1. The highest BCUT2D eigenvalue weighted by atomic mass is 16.5. The molecule has 0 aromatic heterocycles. The SMILES string of the molecule is O=C(O)[C@@H]1CCC[C@@H](C(=O)NC[C@H]2CCCO2)C1. The molecule has 2 rings (SSSR count). The molecule has 3 atom stereocenters. The van der Waals surface area contributed by atoms with Gasteiger partial charge in [-0.25, -0.2) is 0 Å². The van der Waals surface area contributed by atoms with Gasteiger partial charge in [-0.2, -0.15) is 0 Å². The third-order valence-corrected chi connectivity index (χ3v) is 3.92. The zero-order valence-corrected chi connectivity index (χ0v) is 10.6. The van der Waals surface area contributed by atoms with Crippen LogP contribution in [0.25, 0.3) is 0 Å². The predicted molar refractivity (Wildman–Crippen MR) is 65.1 cm³/mol. The maximum absolute atomic E-state index is 12.0. The Morgan fingerprint density at radius 2 is 1.94 bits per heavy atom. The molecule has 1 amide bonds. The zero-order valence-electron chi connectivity index (χ0n) is 10.6. The van der Waals surface area contributed by atoms with Crippen LogP contribution in [0.4, 0.5) is 0 Å². The lowest BCUT2D eigenvalue weighted by Gasteiger charge is -2.26. The number of carbonyl (C=O) groups excluding carboxylic acids is 1. The topological polar surface area (TPSA) is 75.6 Å². The Morgan fingerprint density at radius 3 is 2.61 bits per heavy atom. The molecule has 0 bridgehead atoms. The maximum Gasteiger partial charge on any atom is 0.306 e. The fourth-order valence-corrected chi connectivity index (χ4v) is 2.82. The number of hydrogen-bond donors (Lipinski definition) is 2. The fraction of sp³-hybridized carbons (Fsp3) is 0.846. The van der Waals surface area contributed by atoms with Crippen molar-refractivity contribution in [2.45, 2.75) is 44.6 Å². The second-order valence-electron chi connectivity index (χ2n) is 5.28. The Hall–Kier alpha value is -1.10. The van der Waals surface area contributed by atoms with Crippen molar-refractivity contribution in [3.63, 3.8) is 0 Å². The van der Waals surface area contributed by atoms with Crippen molar-refractivity contribution in [1.82, 2.24) is 5.32 Å². The van der Waals surface area contributed by atoms with Crippen molar-refractivity contribution >= 4 is 11.9 Å². The minimum absolute atomic E-state index is 0.00329. The summed E-state index contributed by atoms with van der Waals surface area (Å²) in [5, 5.41) is 11.9. The van der Waals surface area contributed by atoms with Crippen LogP contribution in [0.3, 0.4) is 0 Å². The van der Waals surface area contributed by atoms with Gasteiger partial charge >= 0.3 is 5.97 Å². The normalized spacial score (nSPS) is 32.1.